The van der Waals surface area contributed by atoms with E-state index in [0.29, 0.717) is 21.9 Å². The topological polar surface area (TPSA) is 29.5 Å². The van der Waals surface area contributed by atoms with Gasteiger partial charge in [-0.1, -0.05) is 77.9 Å². The van der Waals surface area contributed by atoms with Crippen LogP contribution in [0.25, 0.3) is 21.9 Å². The molecule has 0 spiro atoms. The van der Waals surface area contributed by atoms with Crippen molar-refractivity contribution in [1.29, 1.82) is 0 Å². The number of halogens is 6. The van der Waals surface area contributed by atoms with Gasteiger partial charge in [0.25, 0.3) is 0 Å². The van der Waals surface area contributed by atoms with Crippen molar-refractivity contribution in [3.8, 4) is 16.9 Å². The Morgan fingerprint density at radius 2 is 1.23 bits per heavy atom. The summed E-state index contributed by atoms with van der Waals surface area (Å²) >= 11 is 0. The van der Waals surface area contributed by atoms with Gasteiger partial charge in [-0.15, -0.1) is 0 Å². The molecule has 0 saturated carbocycles. The van der Waals surface area contributed by atoms with Crippen LogP contribution in [-0.4, -0.2) is 17.5 Å². The monoisotopic (exact) mass is 560 g/mol. The Bertz CT molecular complexity index is 1420. The predicted octanol–water partition coefficient (Wildman–Crippen LogP) is 9.58. The molecule has 4 aromatic carbocycles. The van der Waals surface area contributed by atoms with Gasteiger partial charge in [-0.3, -0.25) is 0 Å². The van der Waals surface area contributed by atoms with E-state index in [1.54, 1.807) is 18.2 Å². The molecule has 1 N–H and O–H groups in total. The van der Waals surface area contributed by atoms with Crippen molar-refractivity contribution in [2.45, 2.75) is 64.1 Å². The lowest BCUT2D eigenvalue weighted by Crippen LogP contribution is -2.31. The van der Waals surface area contributed by atoms with Crippen LogP contribution in [0.3, 0.4) is 0 Å². The van der Waals surface area contributed by atoms with Crippen LogP contribution in [0.15, 0.2) is 78.9 Å². The number of hydrogen-bond acceptors (Lipinski definition) is 2. The second kappa shape index (κ2) is 11.5. The third-order valence-corrected chi connectivity index (χ3v) is 6.98. The van der Waals surface area contributed by atoms with E-state index in [1.165, 1.54) is 6.07 Å². The van der Waals surface area contributed by atoms with Crippen molar-refractivity contribution in [3.63, 3.8) is 0 Å². The fourth-order valence-corrected chi connectivity index (χ4v) is 4.85. The molecule has 0 aliphatic heterocycles. The van der Waals surface area contributed by atoms with Crippen LogP contribution in [0, 0.1) is 13.8 Å². The predicted molar refractivity (Wildman–Crippen MR) is 144 cm³/mol. The summed E-state index contributed by atoms with van der Waals surface area (Å²) in [4.78, 5) is 0. The first kappa shape index (κ1) is 29.5. The van der Waals surface area contributed by atoms with E-state index in [-0.39, 0.29) is 17.9 Å². The summed E-state index contributed by atoms with van der Waals surface area (Å²) in [5.74, 6) is 0.269. The summed E-state index contributed by atoms with van der Waals surface area (Å²) in [6, 6.07) is 23.2. The van der Waals surface area contributed by atoms with Gasteiger partial charge < -0.3 is 9.84 Å². The summed E-state index contributed by atoms with van der Waals surface area (Å²) in [5, 5.41) is 13.0. The molecule has 0 aromatic heterocycles. The molecule has 0 bridgehead atoms. The van der Waals surface area contributed by atoms with Crippen molar-refractivity contribution < 1.29 is 36.2 Å². The second-order valence-corrected chi connectivity index (χ2v) is 10.2. The first-order chi connectivity index (χ1) is 18.7. The van der Waals surface area contributed by atoms with Gasteiger partial charge in [0.2, 0.25) is 0 Å². The molecule has 0 atom stereocenters. The van der Waals surface area contributed by atoms with Crippen molar-refractivity contribution in [2.75, 3.05) is 0 Å². The van der Waals surface area contributed by atoms with Crippen molar-refractivity contribution in [1.82, 2.24) is 0 Å². The molecule has 0 saturated heterocycles. The molecule has 8 heteroatoms. The lowest BCUT2D eigenvalue weighted by Gasteiger charge is -2.33. The fraction of sp³-hybridized carbons (Fsp3) is 0.312. The van der Waals surface area contributed by atoms with Gasteiger partial charge in [0, 0.05) is 18.2 Å². The molecule has 0 heterocycles. The Hall–Kier alpha value is -3.52. The molecule has 0 amide bonds. The average Bonchev–Trinajstić information content (AvgIpc) is 2.89. The standard InChI is InChI=1S/C32H30F6O2/c1-21-8-11-24(12-9-21)29-25-13-10-22(2)18-26(25)28(40-20-23-6-4-3-5-7-23)19-27(29)30(39,14-16-31(33,34)35)15-17-32(36,37)38/h3-13,18-19,39H,14-17,20H2,1-2H3. The summed E-state index contributed by atoms with van der Waals surface area (Å²) in [6.45, 7) is 3.87. The van der Waals surface area contributed by atoms with E-state index in [4.69, 9.17) is 4.74 Å². The van der Waals surface area contributed by atoms with E-state index in [9.17, 15) is 31.4 Å². The molecule has 0 aliphatic carbocycles. The van der Waals surface area contributed by atoms with E-state index < -0.39 is 43.6 Å². The van der Waals surface area contributed by atoms with Crippen LogP contribution in [0.2, 0.25) is 0 Å². The Kier molecular flexibility index (Phi) is 8.49. The number of ether oxygens (including phenoxy) is 1. The quantitative estimate of drug-likeness (QED) is 0.207. The Morgan fingerprint density at radius 1 is 0.650 bits per heavy atom. The normalized spacial score (nSPS) is 12.6. The summed E-state index contributed by atoms with van der Waals surface area (Å²) in [5.41, 5.74) is 1.15. The molecular formula is C32H30F6O2. The van der Waals surface area contributed by atoms with E-state index in [0.717, 1.165) is 16.7 Å². The van der Waals surface area contributed by atoms with Crippen LogP contribution in [0.5, 0.6) is 5.75 Å². The highest BCUT2D eigenvalue weighted by Crippen LogP contribution is 2.47. The molecule has 2 nitrogen and oxygen atoms in total. The fourth-order valence-electron chi connectivity index (χ4n) is 4.85. The van der Waals surface area contributed by atoms with Gasteiger partial charge in [-0.05, 0) is 66.5 Å². The van der Waals surface area contributed by atoms with Gasteiger partial charge in [0.1, 0.15) is 12.4 Å². The number of rotatable bonds is 9. The largest absolute Gasteiger partial charge is 0.488 e. The van der Waals surface area contributed by atoms with E-state index in [2.05, 4.69) is 0 Å². The molecule has 212 valence electrons. The number of aryl methyl sites for hydroxylation is 2. The SMILES string of the molecule is Cc1ccc(-c2c(C(O)(CCC(F)(F)F)CCC(F)(F)F)cc(OCc3ccccc3)c3cc(C)ccc23)cc1. The Balaban J connectivity index is 1.97. The van der Waals surface area contributed by atoms with Crippen LogP contribution < -0.4 is 4.74 Å². The van der Waals surface area contributed by atoms with Crippen LogP contribution >= 0.6 is 0 Å². The van der Waals surface area contributed by atoms with Crippen LogP contribution in [-0.2, 0) is 12.2 Å². The number of fused-ring (bicyclic) bond motifs is 1. The zero-order chi connectivity index (χ0) is 29.1. The van der Waals surface area contributed by atoms with Gasteiger partial charge in [0.05, 0.1) is 5.60 Å². The second-order valence-electron chi connectivity index (χ2n) is 10.2. The highest BCUT2D eigenvalue weighted by molar-refractivity contribution is 6.02. The highest BCUT2D eigenvalue weighted by Gasteiger charge is 2.41. The smallest absolute Gasteiger partial charge is 0.389 e. The molecular weight excluding hydrogens is 530 g/mol. The third-order valence-electron chi connectivity index (χ3n) is 6.98. The minimum absolute atomic E-state index is 0.0238. The van der Waals surface area contributed by atoms with Gasteiger partial charge in [-0.2, -0.15) is 26.3 Å². The van der Waals surface area contributed by atoms with E-state index in [1.807, 2.05) is 68.4 Å². The van der Waals surface area contributed by atoms with Gasteiger partial charge in [0.15, 0.2) is 0 Å². The number of aliphatic hydroxyl groups is 1. The summed E-state index contributed by atoms with van der Waals surface area (Å²) < 4.78 is 86.4. The molecule has 40 heavy (non-hydrogen) atoms. The number of benzene rings is 4. The third kappa shape index (κ3) is 7.36. The Labute approximate surface area is 229 Å². The lowest BCUT2D eigenvalue weighted by molar-refractivity contribution is -0.161. The molecule has 0 aliphatic rings. The lowest BCUT2D eigenvalue weighted by atomic mass is 9.78. The van der Waals surface area contributed by atoms with E-state index >= 15 is 0 Å². The zero-order valence-electron chi connectivity index (χ0n) is 22.2. The first-order valence-corrected chi connectivity index (χ1v) is 12.9. The van der Waals surface area contributed by atoms with Crippen molar-refractivity contribution in [2.24, 2.45) is 0 Å². The van der Waals surface area contributed by atoms with Gasteiger partial charge in [-0.25, -0.2) is 0 Å². The first-order valence-electron chi connectivity index (χ1n) is 12.9. The zero-order valence-corrected chi connectivity index (χ0v) is 22.2. The number of hydrogen-bond donors (Lipinski definition) is 1. The molecule has 0 unspecified atom stereocenters. The summed E-state index contributed by atoms with van der Waals surface area (Å²) in [7, 11) is 0. The van der Waals surface area contributed by atoms with Crippen molar-refractivity contribution in [3.05, 3.63) is 101 Å². The minimum Gasteiger partial charge on any atom is -0.488 e. The molecule has 0 radical (unpaired) electrons. The maximum absolute atomic E-state index is 13.4. The maximum atomic E-state index is 13.4. The minimum atomic E-state index is -4.67. The van der Waals surface area contributed by atoms with Gasteiger partial charge >= 0.3 is 12.4 Å². The van der Waals surface area contributed by atoms with Crippen LogP contribution in [0.4, 0.5) is 26.3 Å². The maximum Gasteiger partial charge on any atom is 0.389 e. The molecule has 0 fully saturated rings. The van der Waals surface area contributed by atoms with Crippen LogP contribution in [0.1, 0.15) is 47.9 Å². The Morgan fingerprint density at radius 3 is 1.80 bits per heavy atom. The number of alkyl halides is 6. The van der Waals surface area contributed by atoms with Crippen molar-refractivity contribution >= 4 is 10.8 Å². The molecule has 4 rings (SSSR count). The highest BCUT2D eigenvalue weighted by atomic mass is 19.4. The average molecular weight is 561 g/mol. The summed E-state index contributed by atoms with van der Waals surface area (Å²) in [6.07, 6.45) is -14.1. The molecule has 4 aromatic rings.